The van der Waals surface area contributed by atoms with Crippen LogP contribution in [0.2, 0.25) is 0 Å². The van der Waals surface area contributed by atoms with Gasteiger partial charge in [-0.25, -0.2) is 0 Å². The first-order valence-corrected chi connectivity index (χ1v) is 3.46. The summed E-state index contributed by atoms with van der Waals surface area (Å²) in [6, 6.07) is 0. The van der Waals surface area contributed by atoms with E-state index in [1.54, 1.807) is 0 Å². The summed E-state index contributed by atoms with van der Waals surface area (Å²) in [4.78, 5) is 0. The fourth-order valence-electron chi connectivity index (χ4n) is 0.587. The molecule has 0 rings (SSSR count). The van der Waals surface area contributed by atoms with Crippen molar-refractivity contribution in [1.82, 2.24) is 5.32 Å². The maximum absolute atomic E-state index is 5.46. The number of nitrogens with one attached hydrogen (secondary N) is 1. The Bertz CT molecular complexity index is 125. The Kier molecular flexibility index (Phi) is 4.89. The van der Waals surface area contributed by atoms with Crippen LogP contribution in [-0.4, -0.2) is 12.7 Å². The Hall–Kier alpha value is -0.600. The fraction of sp³-hybridized carbons (Fsp3) is 0.500. The molecule has 0 heterocycles. The first-order valence-electron chi connectivity index (χ1n) is 3.46. The summed E-state index contributed by atoms with van der Waals surface area (Å²) < 4.78 is 0. The fourth-order valence-corrected chi connectivity index (χ4v) is 0.587. The third-order valence-corrected chi connectivity index (χ3v) is 1.05. The number of hydrogen-bond acceptors (Lipinski definition) is 2. The molecule has 0 saturated carbocycles. The summed E-state index contributed by atoms with van der Waals surface area (Å²) in [6.45, 7) is 8.45. The zero-order valence-corrected chi connectivity index (χ0v) is 6.72. The van der Waals surface area contributed by atoms with Crippen LogP contribution in [0.1, 0.15) is 13.8 Å². The summed E-state index contributed by atoms with van der Waals surface area (Å²) in [5, 5.41) is 3.06. The molecule has 1 atom stereocenters. The molecule has 10 heavy (non-hydrogen) atoms. The maximum Gasteiger partial charge on any atom is 0.0519 e. The lowest BCUT2D eigenvalue weighted by Crippen LogP contribution is -2.35. The van der Waals surface area contributed by atoms with E-state index < -0.39 is 0 Å². The highest BCUT2D eigenvalue weighted by molar-refractivity contribution is 5.15. The minimum absolute atomic E-state index is 0.0435. The average Bonchev–Trinajstić information content (AvgIpc) is 1.85. The molecule has 0 aromatic rings. The van der Waals surface area contributed by atoms with Crippen LogP contribution in [0.5, 0.6) is 0 Å². The average molecular weight is 140 g/mol. The molecule has 2 heteroatoms. The highest BCUT2D eigenvalue weighted by atomic mass is 15.0. The van der Waals surface area contributed by atoms with Gasteiger partial charge in [-0.3, -0.25) is 5.32 Å². The Balaban J connectivity index is 3.40. The van der Waals surface area contributed by atoms with Gasteiger partial charge in [-0.15, -0.1) is 0 Å². The maximum atomic E-state index is 5.46. The van der Waals surface area contributed by atoms with Gasteiger partial charge in [0, 0.05) is 6.54 Å². The third-order valence-electron chi connectivity index (χ3n) is 1.05. The number of nitrogens with two attached hydrogens (primary N) is 1. The van der Waals surface area contributed by atoms with Crippen LogP contribution < -0.4 is 11.1 Å². The van der Waals surface area contributed by atoms with Crippen LogP contribution in [0.3, 0.4) is 0 Å². The van der Waals surface area contributed by atoms with Crippen LogP contribution in [0.25, 0.3) is 0 Å². The van der Waals surface area contributed by atoms with Crippen molar-refractivity contribution in [3.63, 3.8) is 0 Å². The standard InChI is InChI=1S/C8H16N2/c1-4-5-7(2)6-10-8(3)9/h4-5,8,10H,2,6,9H2,1,3H3/b5-4-. The van der Waals surface area contributed by atoms with Crippen molar-refractivity contribution in [3.05, 3.63) is 24.3 Å². The van der Waals surface area contributed by atoms with Gasteiger partial charge in [-0.2, -0.15) is 0 Å². The molecule has 3 N–H and O–H groups in total. The monoisotopic (exact) mass is 140 g/mol. The van der Waals surface area contributed by atoms with Crippen LogP contribution in [0.15, 0.2) is 24.3 Å². The van der Waals surface area contributed by atoms with Crippen LogP contribution in [0.4, 0.5) is 0 Å². The van der Waals surface area contributed by atoms with Gasteiger partial charge < -0.3 is 5.73 Å². The normalized spacial score (nSPS) is 13.9. The third kappa shape index (κ3) is 5.54. The molecule has 0 amide bonds. The second-order valence-corrected chi connectivity index (χ2v) is 2.33. The van der Waals surface area contributed by atoms with Gasteiger partial charge in [0.15, 0.2) is 0 Å². The minimum Gasteiger partial charge on any atom is -0.316 e. The number of rotatable bonds is 4. The quantitative estimate of drug-likeness (QED) is 0.452. The Labute approximate surface area is 62.8 Å². The van der Waals surface area contributed by atoms with Crippen LogP contribution in [-0.2, 0) is 0 Å². The van der Waals surface area contributed by atoms with E-state index in [0.717, 1.165) is 12.1 Å². The molecule has 0 aliphatic rings. The first kappa shape index (κ1) is 9.40. The van der Waals surface area contributed by atoms with E-state index in [4.69, 9.17) is 5.73 Å². The zero-order valence-electron chi connectivity index (χ0n) is 6.72. The van der Waals surface area contributed by atoms with E-state index in [2.05, 4.69) is 11.9 Å². The second-order valence-electron chi connectivity index (χ2n) is 2.33. The predicted molar refractivity (Wildman–Crippen MR) is 45.6 cm³/mol. The lowest BCUT2D eigenvalue weighted by molar-refractivity contribution is 0.601. The van der Waals surface area contributed by atoms with E-state index in [0.29, 0.717) is 0 Å². The summed E-state index contributed by atoms with van der Waals surface area (Å²) in [6.07, 6.45) is 3.97. The van der Waals surface area contributed by atoms with Crippen LogP contribution >= 0.6 is 0 Å². The topological polar surface area (TPSA) is 38.0 Å². The molecule has 2 nitrogen and oxygen atoms in total. The van der Waals surface area contributed by atoms with Gasteiger partial charge >= 0.3 is 0 Å². The summed E-state index contributed by atoms with van der Waals surface area (Å²) in [5.74, 6) is 0. The van der Waals surface area contributed by atoms with Gasteiger partial charge in [0.1, 0.15) is 0 Å². The van der Waals surface area contributed by atoms with E-state index in [1.165, 1.54) is 0 Å². The zero-order chi connectivity index (χ0) is 7.98. The number of hydrogen-bond donors (Lipinski definition) is 2. The molecular weight excluding hydrogens is 124 g/mol. The molecule has 0 aliphatic heterocycles. The van der Waals surface area contributed by atoms with Gasteiger partial charge in [-0.1, -0.05) is 18.7 Å². The van der Waals surface area contributed by atoms with Gasteiger partial charge in [0.2, 0.25) is 0 Å². The molecule has 0 radical (unpaired) electrons. The molecule has 0 aromatic carbocycles. The largest absolute Gasteiger partial charge is 0.316 e. The minimum atomic E-state index is 0.0435. The molecule has 0 aliphatic carbocycles. The molecule has 58 valence electrons. The van der Waals surface area contributed by atoms with Gasteiger partial charge in [0.05, 0.1) is 6.17 Å². The Morgan fingerprint density at radius 1 is 1.80 bits per heavy atom. The van der Waals surface area contributed by atoms with Crippen LogP contribution in [0, 0.1) is 0 Å². The number of allylic oxidation sites excluding steroid dienone is 1. The SMILES string of the molecule is C=C(/C=C\C)CNC(C)N. The molecule has 0 saturated heterocycles. The van der Waals surface area contributed by atoms with Crippen molar-refractivity contribution in [3.8, 4) is 0 Å². The summed E-state index contributed by atoms with van der Waals surface area (Å²) >= 11 is 0. The molecule has 0 spiro atoms. The van der Waals surface area contributed by atoms with Crippen molar-refractivity contribution < 1.29 is 0 Å². The summed E-state index contributed by atoms with van der Waals surface area (Å²) in [5.41, 5.74) is 6.52. The van der Waals surface area contributed by atoms with Crippen molar-refractivity contribution >= 4 is 0 Å². The molecule has 0 aromatic heterocycles. The van der Waals surface area contributed by atoms with Gasteiger partial charge in [0.25, 0.3) is 0 Å². The smallest absolute Gasteiger partial charge is 0.0519 e. The summed E-state index contributed by atoms with van der Waals surface area (Å²) in [7, 11) is 0. The Morgan fingerprint density at radius 3 is 2.80 bits per heavy atom. The van der Waals surface area contributed by atoms with Crippen molar-refractivity contribution in [2.45, 2.75) is 20.0 Å². The lowest BCUT2D eigenvalue weighted by Gasteiger charge is -2.06. The van der Waals surface area contributed by atoms with Gasteiger partial charge in [-0.05, 0) is 19.4 Å². The first-order chi connectivity index (χ1) is 4.66. The van der Waals surface area contributed by atoms with E-state index in [-0.39, 0.29) is 6.17 Å². The van der Waals surface area contributed by atoms with E-state index in [9.17, 15) is 0 Å². The molecule has 0 fully saturated rings. The second kappa shape index (κ2) is 5.21. The Morgan fingerprint density at radius 2 is 2.40 bits per heavy atom. The van der Waals surface area contributed by atoms with E-state index >= 15 is 0 Å². The van der Waals surface area contributed by atoms with Crippen molar-refractivity contribution in [1.29, 1.82) is 0 Å². The predicted octanol–water partition coefficient (Wildman–Crippen LogP) is 1.01. The molecule has 1 unspecified atom stereocenters. The lowest BCUT2D eigenvalue weighted by atomic mass is 10.3. The van der Waals surface area contributed by atoms with Crippen molar-refractivity contribution in [2.24, 2.45) is 5.73 Å². The highest BCUT2D eigenvalue weighted by Gasteiger charge is 1.90. The van der Waals surface area contributed by atoms with E-state index in [1.807, 2.05) is 26.0 Å². The van der Waals surface area contributed by atoms with Crippen molar-refractivity contribution in [2.75, 3.05) is 6.54 Å². The highest BCUT2D eigenvalue weighted by Crippen LogP contribution is 1.89. The molecule has 0 bridgehead atoms. The molecular formula is C8H16N2.